The van der Waals surface area contributed by atoms with Crippen LogP contribution in [0.1, 0.15) is 453 Å². The van der Waals surface area contributed by atoms with Gasteiger partial charge in [0.2, 0.25) is 11.4 Å². The van der Waals surface area contributed by atoms with Crippen LogP contribution in [0.25, 0.3) is 91.4 Å². The Bertz CT molecular complexity index is 5580. The maximum atomic E-state index is 15.0. The number of nitriles is 4. The molecule has 0 N–H and O–H groups in total. The molecule has 2 aliphatic carbocycles. The molecular weight excluding hydrogens is 1840 g/mol. The molecule has 0 fully saturated rings. The van der Waals surface area contributed by atoms with Gasteiger partial charge in [-0.1, -0.05) is 325 Å². The summed E-state index contributed by atoms with van der Waals surface area (Å²) >= 11 is 10.3. The maximum absolute atomic E-state index is 15.0. The number of unbranched alkanes of at least 4 members (excludes halogenated alkanes) is 38. The summed E-state index contributed by atoms with van der Waals surface area (Å²) in [5, 5.41) is 41.7. The minimum Gasteiger partial charge on any atom is -0.492 e. The fraction of sp³-hybridized carbons (Fsp3) is 0.550. The number of hydrogen-bond acceptors (Lipinski definition) is 16. The highest BCUT2D eigenvalue weighted by Gasteiger charge is 2.47. The summed E-state index contributed by atoms with van der Waals surface area (Å²) in [6.07, 6.45) is 64.0. The van der Waals surface area contributed by atoms with Crippen LogP contribution in [0.2, 0.25) is 0 Å². The second kappa shape index (κ2) is 56.2. The molecule has 6 aromatic heterocycles. The van der Waals surface area contributed by atoms with E-state index < -0.39 is 22.8 Å². The van der Waals surface area contributed by atoms with Gasteiger partial charge in [0.05, 0.1) is 114 Å². The van der Waals surface area contributed by atoms with Crippen LogP contribution in [0.3, 0.4) is 0 Å². The van der Waals surface area contributed by atoms with Crippen LogP contribution in [0.15, 0.2) is 83.2 Å². The molecule has 738 valence electrons. The molecule has 0 spiro atoms. The van der Waals surface area contributed by atoms with E-state index in [9.17, 15) is 30.6 Å². The lowest BCUT2D eigenvalue weighted by Crippen LogP contribution is -2.35. The smallest absolute Gasteiger partial charge is 0.270 e. The molecule has 2 aliphatic heterocycles. The molecule has 0 bridgehead atoms. The number of ketones is 2. The highest BCUT2D eigenvalue weighted by Crippen LogP contribution is 2.64. The van der Waals surface area contributed by atoms with Gasteiger partial charge >= 0.3 is 0 Å². The predicted molar refractivity (Wildman–Crippen MR) is 587 cm³/mol. The van der Waals surface area contributed by atoms with Gasteiger partial charge in [0.25, 0.3) is 11.4 Å². The molecule has 140 heavy (non-hydrogen) atoms. The van der Waals surface area contributed by atoms with E-state index in [1.807, 2.05) is 34.8 Å². The Balaban J connectivity index is 1.04. The van der Waals surface area contributed by atoms with Gasteiger partial charge in [-0.3, -0.25) is 9.59 Å². The van der Waals surface area contributed by atoms with Crippen molar-refractivity contribution in [1.29, 1.82) is 21.0 Å². The Morgan fingerprint density at radius 2 is 0.657 bits per heavy atom. The second-order valence-corrected chi connectivity index (χ2v) is 45.7. The van der Waals surface area contributed by atoms with Crippen molar-refractivity contribution in [2.24, 2.45) is 11.8 Å². The molecule has 2 atom stereocenters. The first-order chi connectivity index (χ1) is 68.5. The zero-order valence-electron chi connectivity index (χ0n) is 84.7. The van der Waals surface area contributed by atoms with Crippen molar-refractivity contribution in [3.63, 3.8) is 0 Å². The second-order valence-electron chi connectivity index (χ2n) is 39.3. The fourth-order valence-electron chi connectivity index (χ4n) is 20.8. The first-order valence-corrected chi connectivity index (χ1v) is 58.4. The van der Waals surface area contributed by atoms with Crippen molar-refractivity contribution in [2.75, 3.05) is 13.2 Å². The lowest BCUT2D eigenvalue weighted by atomic mass is 9.81. The normalized spacial score (nSPS) is 15.2. The molecule has 12 rings (SSSR count). The average Bonchev–Trinajstić information content (AvgIpc) is 1.56. The van der Waals surface area contributed by atoms with E-state index in [1.54, 1.807) is 34.8 Å². The summed E-state index contributed by atoms with van der Waals surface area (Å²) in [5.41, 5.74) is 2.41. The van der Waals surface area contributed by atoms with Crippen LogP contribution in [-0.2, 0) is 11.2 Å². The number of fused-ring (bicyclic) bond motifs is 8. The number of thiophene rings is 6. The average molecular weight is 1990 g/mol. The van der Waals surface area contributed by atoms with E-state index in [0.29, 0.717) is 57.4 Å². The van der Waals surface area contributed by atoms with Gasteiger partial charge < -0.3 is 18.9 Å². The van der Waals surface area contributed by atoms with Gasteiger partial charge in [-0.25, -0.2) is 29.9 Å². The van der Waals surface area contributed by atoms with Gasteiger partial charge in [0.1, 0.15) is 34.2 Å². The molecular formula is C120H146N8O6S6. The summed E-state index contributed by atoms with van der Waals surface area (Å²) in [7, 11) is 0. The number of carbonyl (C=O) groups excluding carboxylic acids is 2. The predicted octanol–water partition coefficient (Wildman–Crippen LogP) is 39.7. The molecule has 20 heteroatoms. The highest BCUT2D eigenvalue weighted by molar-refractivity contribution is 7.31. The van der Waals surface area contributed by atoms with Crippen LogP contribution in [-0.4, -0.2) is 24.8 Å². The van der Waals surface area contributed by atoms with Gasteiger partial charge in [0, 0.05) is 76.2 Å². The van der Waals surface area contributed by atoms with Crippen molar-refractivity contribution >= 4 is 114 Å². The molecule has 0 saturated heterocycles. The SMILES string of the molecule is [C-]#[N+]C(C#N)=C1/C(=C/c2cc(OCC(CC)CCCC)c(-c3cc4c(s3)-c3sc(-c5cc6c(s5)-c5sc(-c7sc(/C=C8\C(=O)c9cc(C#N)c([N+]#[C-])cc9\C8=C(\C#N)[N+]#[C-])cc7OCC(CC)CCCC)cc5OC6(CCCCCCCCCCCC)CCCCCCCCCCCC)cc3C(CCCCCCCCCCCC)(CCCCCCCCCCCC)O4)s2)C(=O)c2cc([N+]#[C-])c(C#N)cc21. The molecule has 0 amide bonds. The third-order valence-corrected chi connectivity index (χ3v) is 36.6. The Kier molecular flexibility index (Phi) is 43.7. The number of Topliss-reactive ketones (excluding diaryl/α,β-unsaturated/α-hetero) is 2. The standard InChI is InChI=1S/C120H146N8O6S6/c1-13-21-27-31-35-39-43-47-51-55-61-119(62-56-52-48-44-40-36-32-28-22-14-2)95-73-105(137-113(95)117-103(133-119)75-107(139-117)115-101(131-81-83(19-7)59-25-17-5)69-87(135-115)67-93-109(99(79-123)127-11)89-65-85(77-121)98(126-10)72-92(89)112(93)130)106-74-96-114(138-106)118-104(134-120(96,63-57-53-49-45-41-37-33-29-23-15-3)64-58-54-50-46-42-38-34-30-24-16-4)76-108(140-118)116-102(132-82-84(20-8)60-26-18-6)70-88(136-116)68-94-110(100(80-124)128-12)90-71-97(125-9)86(78-122)66-91(90)111(94)129/h65-76,83-84H,13-64,81-82H2,1-8H3/b93-67-,94-68-,109-99?,110-100+. The van der Waals surface area contributed by atoms with E-state index in [1.165, 1.54) is 283 Å². The number of ether oxygens (including phenoxy) is 4. The summed E-state index contributed by atoms with van der Waals surface area (Å²) < 4.78 is 30.6. The zero-order chi connectivity index (χ0) is 99.2. The van der Waals surface area contributed by atoms with Gasteiger partial charge in [0.15, 0.2) is 11.6 Å². The number of allylic oxidation sites excluding steroid dienone is 6. The molecule has 0 radical (unpaired) electrons. The number of hydrogen-bond donors (Lipinski definition) is 0. The summed E-state index contributed by atoms with van der Waals surface area (Å²) in [6, 6.07) is 27.8. The number of rotatable bonds is 63. The molecule has 8 heterocycles. The highest BCUT2D eigenvalue weighted by atomic mass is 32.1. The van der Waals surface area contributed by atoms with E-state index in [0.717, 1.165) is 169 Å². The van der Waals surface area contributed by atoms with Crippen molar-refractivity contribution in [2.45, 2.75) is 400 Å². The molecule has 4 aliphatic rings. The first-order valence-electron chi connectivity index (χ1n) is 53.5. The lowest BCUT2D eigenvalue weighted by Gasteiger charge is -2.38. The number of nitrogens with zero attached hydrogens (tertiary/aromatic N) is 8. The van der Waals surface area contributed by atoms with Crippen LogP contribution in [0, 0.1) is 83.4 Å². The molecule has 2 unspecified atom stereocenters. The van der Waals surface area contributed by atoms with Crippen LogP contribution in [0.5, 0.6) is 23.0 Å². The van der Waals surface area contributed by atoms with Crippen molar-refractivity contribution in [3.8, 4) is 96.0 Å². The van der Waals surface area contributed by atoms with Gasteiger partial charge in [-0.2, -0.15) is 10.5 Å². The Morgan fingerprint density at radius 3 is 0.964 bits per heavy atom. The maximum Gasteiger partial charge on any atom is 0.270 e. The zero-order valence-corrected chi connectivity index (χ0v) is 89.6. The Morgan fingerprint density at radius 1 is 0.357 bits per heavy atom. The topological polar surface area (TPSA) is 184 Å². The molecule has 2 aromatic carbocycles. The summed E-state index contributed by atoms with van der Waals surface area (Å²) in [5.74, 6) is 2.83. The Labute approximate surface area is 861 Å². The minimum absolute atomic E-state index is 0.0313. The largest absolute Gasteiger partial charge is 0.492 e. The monoisotopic (exact) mass is 1990 g/mol. The van der Waals surface area contributed by atoms with Crippen LogP contribution < -0.4 is 18.9 Å². The van der Waals surface area contributed by atoms with Crippen molar-refractivity contribution in [1.82, 2.24) is 0 Å². The van der Waals surface area contributed by atoms with Crippen molar-refractivity contribution < 1.29 is 28.5 Å². The van der Waals surface area contributed by atoms with Gasteiger partial charge in [-0.15, -0.1) is 68.0 Å². The van der Waals surface area contributed by atoms with Crippen LogP contribution in [0.4, 0.5) is 11.4 Å². The first kappa shape index (κ1) is 109. The summed E-state index contributed by atoms with van der Waals surface area (Å²) in [6.45, 7) is 51.5. The Hall–Kier alpha value is -9.94. The van der Waals surface area contributed by atoms with E-state index in [2.05, 4.69) is 123 Å². The van der Waals surface area contributed by atoms with Crippen LogP contribution >= 0.6 is 68.0 Å². The molecule has 8 aromatic rings. The molecule has 14 nitrogen and oxygen atoms in total. The number of carbonyl (C=O) groups is 2. The number of benzene rings is 2. The van der Waals surface area contributed by atoms with Crippen molar-refractivity contribution in [3.05, 3.63) is 183 Å². The quantitative estimate of drug-likeness (QED) is 0.0154. The third-order valence-electron chi connectivity index (χ3n) is 29.1. The van der Waals surface area contributed by atoms with E-state index in [4.69, 9.17) is 45.2 Å². The lowest BCUT2D eigenvalue weighted by molar-refractivity contribution is 0.0395. The minimum atomic E-state index is -0.661. The third kappa shape index (κ3) is 27.5. The summed E-state index contributed by atoms with van der Waals surface area (Å²) in [4.78, 5) is 56.7. The molecule has 0 saturated carbocycles. The van der Waals surface area contributed by atoms with E-state index in [-0.39, 0.29) is 67.3 Å². The fourth-order valence-corrected chi connectivity index (χ4v) is 28.1. The van der Waals surface area contributed by atoms with E-state index >= 15 is 0 Å². The van der Waals surface area contributed by atoms with Gasteiger partial charge in [-0.05, 0) is 148 Å².